The van der Waals surface area contributed by atoms with Gasteiger partial charge < -0.3 is 0 Å². The summed E-state index contributed by atoms with van der Waals surface area (Å²) in [6.07, 6.45) is 6.03. The molecule has 0 bridgehead atoms. The van der Waals surface area contributed by atoms with E-state index in [1.807, 2.05) is 0 Å². The molecule has 0 spiro atoms. The van der Waals surface area contributed by atoms with Gasteiger partial charge in [0, 0.05) is 29.6 Å². The number of nitrogens with zero attached hydrogens (tertiary/aromatic N) is 6. The van der Waals surface area contributed by atoms with E-state index < -0.39 is 0 Å². The Hall–Kier alpha value is -3.75. The van der Waals surface area contributed by atoms with Crippen LogP contribution in [0.3, 0.4) is 0 Å². The Labute approximate surface area is 146 Å². The monoisotopic (exact) mass is 349 g/mol. The number of halogens is 1. The Kier molecular flexibility index (Phi) is 4.02. The normalized spacial score (nSPS) is 10.8. The van der Waals surface area contributed by atoms with Crippen molar-refractivity contribution in [2.24, 2.45) is 0 Å². The van der Waals surface area contributed by atoms with Gasteiger partial charge in [0.05, 0.1) is 18.3 Å². The molecular weight excluding hydrogens is 337 g/mol. The lowest BCUT2D eigenvalue weighted by atomic mass is 10.2. The highest BCUT2D eigenvalue weighted by atomic mass is 19.1. The lowest BCUT2D eigenvalue weighted by Gasteiger charge is -2.06. The summed E-state index contributed by atoms with van der Waals surface area (Å²) in [4.78, 5) is 24.0. The lowest BCUT2D eigenvalue weighted by Crippen LogP contribution is -2.09. The van der Waals surface area contributed by atoms with E-state index in [1.165, 1.54) is 29.3 Å². The number of aromatic nitrogens is 7. The predicted molar refractivity (Wildman–Crippen MR) is 90.4 cm³/mol. The smallest absolute Gasteiger partial charge is 0.264 e. The minimum Gasteiger partial charge on any atom is -0.268 e. The van der Waals surface area contributed by atoms with Crippen molar-refractivity contribution in [3.05, 3.63) is 77.0 Å². The first-order chi connectivity index (χ1) is 12.7. The molecule has 0 saturated heterocycles. The maximum atomic E-state index is 14.1. The van der Waals surface area contributed by atoms with Crippen molar-refractivity contribution in [3.8, 4) is 22.8 Å². The van der Waals surface area contributed by atoms with Crippen molar-refractivity contribution in [1.82, 2.24) is 34.9 Å². The molecule has 3 aromatic heterocycles. The van der Waals surface area contributed by atoms with Gasteiger partial charge in [-0.1, -0.05) is 18.2 Å². The van der Waals surface area contributed by atoms with E-state index in [1.54, 1.807) is 30.6 Å². The quantitative estimate of drug-likeness (QED) is 0.601. The van der Waals surface area contributed by atoms with Crippen molar-refractivity contribution in [1.29, 1.82) is 0 Å². The SMILES string of the molecule is O=c1cc(-c2nc(-c3cncnc3)nn2Cc2ccccc2F)cn[nH]1. The molecule has 0 saturated carbocycles. The summed E-state index contributed by atoms with van der Waals surface area (Å²) in [5.74, 6) is 0.422. The number of hydrogen-bond donors (Lipinski definition) is 1. The van der Waals surface area contributed by atoms with Gasteiger partial charge in [-0.15, -0.1) is 5.10 Å². The second-order valence-corrected chi connectivity index (χ2v) is 5.47. The fourth-order valence-electron chi connectivity index (χ4n) is 2.49. The van der Waals surface area contributed by atoms with Crippen LogP contribution in [-0.2, 0) is 6.54 Å². The second kappa shape index (κ2) is 6.63. The summed E-state index contributed by atoms with van der Waals surface area (Å²) in [5.41, 5.74) is 1.17. The Morgan fingerprint density at radius 1 is 1.08 bits per heavy atom. The van der Waals surface area contributed by atoms with Crippen LogP contribution in [0.25, 0.3) is 22.8 Å². The molecule has 3 heterocycles. The standard InChI is InChI=1S/C17H12FN7O/c18-14-4-2-1-3-11(14)9-25-17(12-5-15(26)23-21-8-12)22-16(24-25)13-6-19-10-20-7-13/h1-8,10H,9H2,(H,23,26). The van der Waals surface area contributed by atoms with Crippen LogP contribution >= 0.6 is 0 Å². The van der Waals surface area contributed by atoms with Crippen molar-refractivity contribution >= 4 is 0 Å². The Balaban J connectivity index is 1.84. The van der Waals surface area contributed by atoms with Crippen LogP contribution < -0.4 is 5.56 Å². The van der Waals surface area contributed by atoms with Gasteiger partial charge in [-0.25, -0.2) is 29.1 Å². The molecule has 1 N–H and O–H groups in total. The van der Waals surface area contributed by atoms with Gasteiger partial charge in [0.15, 0.2) is 11.6 Å². The fourth-order valence-corrected chi connectivity index (χ4v) is 2.49. The van der Waals surface area contributed by atoms with E-state index in [-0.39, 0.29) is 17.9 Å². The van der Waals surface area contributed by atoms with Crippen LogP contribution in [-0.4, -0.2) is 34.9 Å². The average Bonchev–Trinajstić information content (AvgIpc) is 3.08. The van der Waals surface area contributed by atoms with Gasteiger partial charge in [-0.2, -0.15) is 5.10 Å². The third-order valence-electron chi connectivity index (χ3n) is 3.69. The highest BCUT2D eigenvalue weighted by molar-refractivity contribution is 5.59. The Bertz CT molecular complexity index is 1110. The molecule has 128 valence electrons. The van der Waals surface area contributed by atoms with Crippen LogP contribution in [0.1, 0.15) is 5.56 Å². The molecule has 0 radical (unpaired) electrons. The Morgan fingerprint density at radius 3 is 2.65 bits per heavy atom. The average molecular weight is 349 g/mol. The van der Waals surface area contributed by atoms with Crippen LogP contribution in [0.15, 0.2) is 60.0 Å². The first-order valence-electron chi connectivity index (χ1n) is 7.69. The van der Waals surface area contributed by atoms with Gasteiger partial charge in [0.2, 0.25) is 0 Å². The summed E-state index contributed by atoms with van der Waals surface area (Å²) in [6.45, 7) is 0.148. The highest BCUT2D eigenvalue weighted by Crippen LogP contribution is 2.21. The van der Waals surface area contributed by atoms with Crippen molar-refractivity contribution in [3.63, 3.8) is 0 Å². The molecule has 0 amide bonds. The number of benzene rings is 1. The summed E-state index contributed by atoms with van der Waals surface area (Å²) in [7, 11) is 0. The number of hydrogen-bond acceptors (Lipinski definition) is 6. The maximum absolute atomic E-state index is 14.1. The topological polar surface area (TPSA) is 102 Å². The van der Waals surface area contributed by atoms with Gasteiger partial charge in [0.1, 0.15) is 12.1 Å². The van der Waals surface area contributed by atoms with E-state index in [0.29, 0.717) is 28.3 Å². The van der Waals surface area contributed by atoms with Gasteiger partial charge in [-0.3, -0.25) is 4.79 Å². The molecule has 4 rings (SSSR count). The van der Waals surface area contributed by atoms with E-state index >= 15 is 0 Å². The summed E-state index contributed by atoms with van der Waals surface area (Å²) < 4.78 is 15.6. The summed E-state index contributed by atoms with van der Waals surface area (Å²) >= 11 is 0. The predicted octanol–water partition coefficient (Wildman–Crippen LogP) is 1.67. The largest absolute Gasteiger partial charge is 0.268 e. The second-order valence-electron chi connectivity index (χ2n) is 5.47. The first kappa shape index (κ1) is 15.8. The molecule has 0 fully saturated rings. The van der Waals surface area contributed by atoms with Crippen LogP contribution in [0.4, 0.5) is 4.39 Å². The molecule has 1 aromatic carbocycles. The van der Waals surface area contributed by atoms with Crippen LogP contribution in [0, 0.1) is 5.82 Å². The third-order valence-corrected chi connectivity index (χ3v) is 3.69. The Morgan fingerprint density at radius 2 is 1.88 bits per heavy atom. The first-order valence-corrected chi connectivity index (χ1v) is 7.69. The van der Waals surface area contributed by atoms with Crippen LogP contribution in [0.2, 0.25) is 0 Å². The molecule has 0 aliphatic heterocycles. The minimum absolute atomic E-state index is 0.148. The van der Waals surface area contributed by atoms with E-state index in [9.17, 15) is 9.18 Å². The van der Waals surface area contributed by atoms with E-state index in [0.717, 1.165) is 0 Å². The number of rotatable bonds is 4. The molecule has 9 heteroatoms. The number of aromatic amines is 1. The van der Waals surface area contributed by atoms with E-state index in [2.05, 4.69) is 30.2 Å². The highest BCUT2D eigenvalue weighted by Gasteiger charge is 2.16. The van der Waals surface area contributed by atoms with Gasteiger partial charge in [-0.05, 0) is 6.07 Å². The van der Waals surface area contributed by atoms with Crippen molar-refractivity contribution < 1.29 is 4.39 Å². The van der Waals surface area contributed by atoms with Crippen molar-refractivity contribution in [2.75, 3.05) is 0 Å². The molecule has 0 unspecified atom stereocenters. The molecule has 0 aliphatic carbocycles. The molecule has 4 aromatic rings. The molecule has 8 nitrogen and oxygen atoms in total. The number of H-pyrrole nitrogens is 1. The van der Waals surface area contributed by atoms with Gasteiger partial charge >= 0.3 is 0 Å². The zero-order chi connectivity index (χ0) is 17.9. The van der Waals surface area contributed by atoms with Crippen molar-refractivity contribution in [2.45, 2.75) is 6.54 Å². The fraction of sp³-hybridized carbons (Fsp3) is 0.0588. The lowest BCUT2D eigenvalue weighted by molar-refractivity contribution is 0.587. The molecule has 0 atom stereocenters. The maximum Gasteiger partial charge on any atom is 0.264 e. The summed E-state index contributed by atoms with van der Waals surface area (Å²) in [6, 6.07) is 7.78. The molecule has 26 heavy (non-hydrogen) atoms. The minimum atomic E-state index is -0.368. The van der Waals surface area contributed by atoms with Crippen LogP contribution in [0.5, 0.6) is 0 Å². The summed E-state index contributed by atoms with van der Waals surface area (Å²) in [5, 5.41) is 10.5. The van der Waals surface area contributed by atoms with E-state index in [4.69, 9.17) is 0 Å². The third kappa shape index (κ3) is 3.09. The zero-order valence-corrected chi connectivity index (χ0v) is 13.4. The van der Waals surface area contributed by atoms with Gasteiger partial charge in [0.25, 0.3) is 5.56 Å². The zero-order valence-electron chi connectivity index (χ0n) is 13.4. The number of nitrogens with one attached hydrogen (secondary N) is 1. The molecule has 0 aliphatic rings. The molecular formula is C17H12FN7O.